The van der Waals surface area contributed by atoms with Crippen LogP contribution in [-0.2, 0) is 0 Å². The fourth-order valence-corrected chi connectivity index (χ4v) is 4.16. The quantitative estimate of drug-likeness (QED) is 0.431. The molecule has 1 fully saturated rings. The first-order chi connectivity index (χ1) is 12.4. The van der Waals surface area contributed by atoms with Crippen molar-refractivity contribution in [3.63, 3.8) is 0 Å². The largest absolute Gasteiger partial charge is 0.314 e. The Kier molecular flexibility index (Phi) is 8.12. The smallest absolute Gasteiger partial charge is 0.0358 e. The van der Waals surface area contributed by atoms with Crippen molar-refractivity contribution in [1.82, 2.24) is 10.2 Å². The van der Waals surface area contributed by atoms with Gasteiger partial charge in [-0.3, -0.25) is 4.90 Å². The molecule has 1 atom stereocenters. The van der Waals surface area contributed by atoms with Gasteiger partial charge in [-0.1, -0.05) is 54.6 Å². The predicted octanol–water partition coefficient (Wildman–Crippen LogP) is 5.75. The highest BCUT2D eigenvalue weighted by Gasteiger charge is 2.23. The third-order valence-electron chi connectivity index (χ3n) is 5.40. The van der Waals surface area contributed by atoms with Gasteiger partial charge in [0.15, 0.2) is 0 Å². The van der Waals surface area contributed by atoms with E-state index in [1.54, 1.807) is 0 Å². The molecule has 3 aromatic carbocycles. The predicted molar refractivity (Wildman–Crippen MR) is 123 cm³/mol. The Labute approximate surface area is 174 Å². The number of allylic oxidation sites excluding steroid dienone is 1. The summed E-state index contributed by atoms with van der Waals surface area (Å²) < 4.78 is 0. The fraction of sp³-hybridized carbons (Fsp3) is 0.304. The van der Waals surface area contributed by atoms with Gasteiger partial charge in [0.2, 0.25) is 0 Å². The summed E-state index contributed by atoms with van der Waals surface area (Å²) in [7, 11) is 0. The minimum atomic E-state index is 0. The van der Waals surface area contributed by atoms with Crippen LogP contribution >= 0.6 is 24.8 Å². The number of fused-ring (bicyclic) bond motifs is 3. The summed E-state index contributed by atoms with van der Waals surface area (Å²) >= 11 is 0. The van der Waals surface area contributed by atoms with Crippen LogP contribution in [0.5, 0.6) is 0 Å². The van der Waals surface area contributed by atoms with Crippen molar-refractivity contribution in [3.8, 4) is 0 Å². The second-order valence-electron chi connectivity index (χ2n) is 6.90. The molecule has 27 heavy (non-hydrogen) atoms. The molecule has 4 heteroatoms. The summed E-state index contributed by atoms with van der Waals surface area (Å²) in [5.41, 5.74) is 1.47. The van der Waals surface area contributed by atoms with E-state index in [2.05, 4.69) is 77.5 Å². The molecule has 144 valence electrons. The van der Waals surface area contributed by atoms with Gasteiger partial charge in [-0.05, 0) is 46.0 Å². The monoisotopic (exact) mass is 402 g/mol. The van der Waals surface area contributed by atoms with Crippen LogP contribution in [0.3, 0.4) is 0 Å². The van der Waals surface area contributed by atoms with Crippen molar-refractivity contribution >= 4 is 46.4 Å². The van der Waals surface area contributed by atoms with E-state index in [4.69, 9.17) is 0 Å². The molecular formula is C23H28Cl2N2. The van der Waals surface area contributed by atoms with Crippen LogP contribution in [0.15, 0.2) is 67.3 Å². The summed E-state index contributed by atoms with van der Waals surface area (Å²) in [6, 6.07) is 20.5. The van der Waals surface area contributed by atoms with E-state index >= 15 is 0 Å². The van der Waals surface area contributed by atoms with Crippen molar-refractivity contribution in [2.24, 2.45) is 0 Å². The number of hydrogen-bond acceptors (Lipinski definition) is 2. The van der Waals surface area contributed by atoms with Crippen molar-refractivity contribution in [2.75, 3.05) is 26.2 Å². The van der Waals surface area contributed by atoms with Gasteiger partial charge < -0.3 is 5.32 Å². The lowest BCUT2D eigenvalue weighted by Crippen LogP contribution is -2.45. The van der Waals surface area contributed by atoms with Crippen LogP contribution in [0.2, 0.25) is 0 Å². The van der Waals surface area contributed by atoms with Gasteiger partial charge in [0, 0.05) is 32.2 Å². The molecule has 0 unspecified atom stereocenters. The molecule has 4 rings (SSSR count). The SMILES string of the molecule is C=CCC[C@@H](c1cc2ccccc2c2ccccc12)N1CCNCC1.Cl.Cl. The van der Waals surface area contributed by atoms with Crippen molar-refractivity contribution in [2.45, 2.75) is 18.9 Å². The van der Waals surface area contributed by atoms with Crippen LogP contribution in [0.4, 0.5) is 0 Å². The van der Waals surface area contributed by atoms with E-state index in [9.17, 15) is 0 Å². The molecule has 0 amide bonds. The summed E-state index contributed by atoms with van der Waals surface area (Å²) in [5.74, 6) is 0. The number of rotatable bonds is 5. The van der Waals surface area contributed by atoms with Crippen LogP contribution in [0.25, 0.3) is 21.5 Å². The van der Waals surface area contributed by atoms with Gasteiger partial charge in [-0.2, -0.15) is 0 Å². The lowest BCUT2D eigenvalue weighted by molar-refractivity contribution is 0.167. The molecule has 1 aliphatic heterocycles. The maximum Gasteiger partial charge on any atom is 0.0358 e. The molecule has 0 aliphatic carbocycles. The average molecular weight is 403 g/mol. The number of nitrogens with zero attached hydrogens (tertiary/aromatic N) is 1. The van der Waals surface area contributed by atoms with Crippen LogP contribution < -0.4 is 5.32 Å². The zero-order chi connectivity index (χ0) is 17.1. The highest BCUT2D eigenvalue weighted by Crippen LogP contribution is 2.36. The molecular weight excluding hydrogens is 375 g/mol. The van der Waals surface area contributed by atoms with E-state index < -0.39 is 0 Å². The lowest BCUT2D eigenvalue weighted by atomic mass is 9.90. The van der Waals surface area contributed by atoms with Crippen LogP contribution in [-0.4, -0.2) is 31.1 Å². The van der Waals surface area contributed by atoms with E-state index in [0.29, 0.717) is 6.04 Å². The standard InChI is InChI=1S/C23H26N2.2ClH/c1-2-3-12-23(25-15-13-24-14-16-25)22-17-18-8-4-5-9-19(18)20-10-6-7-11-21(20)22;;/h2,4-11,17,23-24H,1,3,12-16H2;2*1H/t23-;;/m0../s1. The number of halogens is 2. The summed E-state index contributed by atoms with van der Waals surface area (Å²) in [6.45, 7) is 8.34. The molecule has 0 spiro atoms. The Morgan fingerprint density at radius 1 is 0.926 bits per heavy atom. The third kappa shape index (κ3) is 4.47. The Balaban J connectivity index is 0.00000131. The highest BCUT2D eigenvalue weighted by atomic mass is 35.5. The summed E-state index contributed by atoms with van der Waals surface area (Å²) in [6.07, 6.45) is 4.24. The molecule has 1 aliphatic rings. The molecule has 3 aromatic rings. The van der Waals surface area contributed by atoms with Crippen LogP contribution in [0.1, 0.15) is 24.4 Å². The molecule has 1 saturated heterocycles. The van der Waals surface area contributed by atoms with Gasteiger partial charge >= 0.3 is 0 Å². The number of benzene rings is 3. The normalized spacial score (nSPS) is 15.7. The zero-order valence-corrected chi connectivity index (χ0v) is 17.2. The van der Waals surface area contributed by atoms with Gasteiger partial charge in [-0.25, -0.2) is 0 Å². The highest BCUT2D eigenvalue weighted by molar-refractivity contribution is 6.09. The minimum absolute atomic E-state index is 0. The van der Waals surface area contributed by atoms with Crippen LogP contribution in [0, 0.1) is 0 Å². The van der Waals surface area contributed by atoms with E-state index in [0.717, 1.165) is 39.0 Å². The average Bonchev–Trinajstić information content (AvgIpc) is 2.69. The molecule has 0 saturated carbocycles. The van der Waals surface area contributed by atoms with E-state index in [1.807, 2.05) is 0 Å². The van der Waals surface area contributed by atoms with Gasteiger partial charge in [0.25, 0.3) is 0 Å². The van der Waals surface area contributed by atoms with Gasteiger partial charge in [0.05, 0.1) is 0 Å². The molecule has 0 aromatic heterocycles. The zero-order valence-electron chi connectivity index (χ0n) is 15.6. The molecule has 1 N–H and O–H groups in total. The lowest BCUT2D eigenvalue weighted by Gasteiger charge is -2.36. The molecule has 2 nitrogen and oxygen atoms in total. The number of nitrogens with one attached hydrogen (secondary N) is 1. The fourth-order valence-electron chi connectivity index (χ4n) is 4.16. The second-order valence-corrected chi connectivity index (χ2v) is 6.90. The van der Waals surface area contributed by atoms with E-state index in [1.165, 1.54) is 27.1 Å². The summed E-state index contributed by atoms with van der Waals surface area (Å²) in [5, 5.41) is 8.94. The first-order valence-corrected chi connectivity index (χ1v) is 9.34. The maximum absolute atomic E-state index is 3.95. The second kappa shape index (κ2) is 10.1. The van der Waals surface area contributed by atoms with Gasteiger partial charge in [-0.15, -0.1) is 31.4 Å². The maximum atomic E-state index is 3.95. The number of piperazine rings is 1. The van der Waals surface area contributed by atoms with Crippen molar-refractivity contribution < 1.29 is 0 Å². The van der Waals surface area contributed by atoms with Crippen molar-refractivity contribution in [3.05, 3.63) is 72.8 Å². The van der Waals surface area contributed by atoms with Gasteiger partial charge in [0.1, 0.15) is 0 Å². The topological polar surface area (TPSA) is 15.3 Å². The Morgan fingerprint density at radius 3 is 2.26 bits per heavy atom. The molecule has 0 radical (unpaired) electrons. The molecule has 1 heterocycles. The third-order valence-corrected chi connectivity index (χ3v) is 5.40. The summed E-state index contributed by atoms with van der Waals surface area (Å²) in [4.78, 5) is 2.65. The molecule has 0 bridgehead atoms. The number of hydrogen-bond donors (Lipinski definition) is 1. The van der Waals surface area contributed by atoms with E-state index in [-0.39, 0.29) is 24.8 Å². The van der Waals surface area contributed by atoms with Crippen molar-refractivity contribution in [1.29, 1.82) is 0 Å². The Hall–Kier alpha value is -1.58. The minimum Gasteiger partial charge on any atom is -0.314 e. The Bertz CT molecular complexity index is 888. The first kappa shape index (κ1) is 21.7. The Morgan fingerprint density at radius 2 is 1.56 bits per heavy atom. The first-order valence-electron chi connectivity index (χ1n) is 9.34.